The third-order valence-corrected chi connectivity index (χ3v) is 5.22. The normalized spacial score (nSPS) is 11.1. The minimum Gasteiger partial charge on any atom is -0.318 e. The molecule has 2 aromatic heterocycles. The molecule has 0 aliphatic rings. The van der Waals surface area contributed by atoms with Crippen molar-refractivity contribution in [1.29, 1.82) is 0 Å². The molecule has 3 rings (SSSR count). The van der Waals surface area contributed by atoms with E-state index in [1.165, 1.54) is 17.8 Å². The van der Waals surface area contributed by atoms with Crippen molar-refractivity contribution in [1.82, 2.24) is 19.3 Å². The molecule has 0 amide bonds. The highest BCUT2D eigenvalue weighted by atomic mass is 35.5. The number of carbonyl (C=O) groups excluding carboxylic acids is 1. The van der Waals surface area contributed by atoms with E-state index in [0.717, 1.165) is 17.1 Å². The Balaban J connectivity index is 1.87. The van der Waals surface area contributed by atoms with Gasteiger partial charge in [-0.3, -0.25) is 4.79 Å². The van der Waals surface area contributed by atoms with Crippen molar-refractivity contribution in [2.75, 3.05) is 5.75 Å². The monoisotopic (exact) mass is 378 g/mol. The number of ketones is 1. The van der Waals surface area contributed by atoms with E-state index in [1.54, 1.807) is 23.0 Å². The van der Waals surface area contributed by atoms with Gasteiger partial charge in [0.25, 0.3) is 0 Å². The van der Waals surface area contributed by atoms with Crippen molar-refractivity contribution in [2.24, 2.45) is 7.05 Å². The molecule has 5 nitrogen and oxygen atoms in total. The summed E-state index contributed by atoms with van der Waals surface area (Å²) in [6.07, 6.45) is 1.59. The Morgan fingerprint density at radius 3 is 2.72 bits per heavy atom. The molecule has 0 radical (unpaired) electrons. The fourth-order valence-electron chi connectivity index (χ4n) is 2.68. The number of halogens is 2. The van der Waals surface area contributed by atoms with Gasteiger partial charge in [-0.1, -0.05) is 23.4 Å². The molecule has 25 heavy (non-hydrogen) atoms. The fourth-order valence-corrected chi connectivity index (χ4v) is 3.62. The van der Waals surface area contributed by atoms with Crippen LogP contribution in [0.5, 0.6) is 0 Å². The maximum absolute atomic E-state index is 13.4. The van der Waals surface area contributed by atoms with Crippen LogP contribution in [0.2, 0.25) is 5.02 Å². The highest BCUT2D eigenvalue weighted by Crippen LogP contribution is 2.26. The molecule has 0 aliphatic heterocycles. The molecule has 130 valence electrons. The molecular weight excluding hydrogens is 363 g/mol. The van der Waals surface area contributed by atoms with Crippen LogP contribution in [0.3, 0.4) is 0 Å². The number of aromatic nitrogens is 4. The molecule has 8 heteroatoms. The predicted octanol–water partition coefficient (Wildman–Crippen LogP) is 3.99. The predicted molar refractivity (Wildman–Crippen MR) is 96.3 cm³/mol. The first-order valence-electron chi connectivity index (χ1n) is 7.53. The highest BCUT2D eigenvalue weighted by Gasteiger charge is 2.18. The van der Waals surface area contributed by atoms with Gasteiger partial charge < -0.3 is 9.13 Å². The molecule has 0 atom stereocenters. The number of rotatable bonds is 5. The Bertz CT molecular complexity index is 950. The van der Waals surface area contributed by atoms with Gasteiger partial charge in [-0.05, 0) is 38.1 Å². The minimum absolute atomic E-state index is 0.000517. The molecule has 0 N–H and O–H groups in total. The van der Waals surface area contributed by atoms with Crippen LogP contribution in [0.15, 0.2) is 35.7 Å². The van der Waals surface area contributed by atoms with Gasteiger partial charge in [-0.15, -0.1) is 10.2 Å². The summed E-state index contributed by atoms with van der Waals surface area (Å²) in [5.41, 5.74) is 3.03. The summed E-state index contributed by atoms with van der Waals surface area (Å²) in [6.45, 7) is 3.77. The lowest BCUT2D eigenvalue weighted by Gasteiger charge is -2.10. The smallest absolute Gasteiger partial charge is 0.191 e. The van der Waals surface area contributed by atoms with E-state index in [2.05, 4.69) is 10.2 Å². The van der Waals surface area contributed by atoms with E-state index in [1.807, 2.05) is 31.5 Å². The third-order valence-electron chi connectivity index (χ3n) is 3.90. The van der Waals surface area contributed by atoms with Crippen LogP contribution in [0, 0.1) is 19.7 Å². The zero-order valence-electron chi connectivity index (χ0n) is 14.0. The standard InChI is InChI=1S/C17H16ClFN4OS/c1-10-6-13(16(24)8-25-17-21-20-9-22(17)3)11(2)23(10)12-4-5-15(19)14(18)7-12/h4-7,9H,8H2,1-3H3. The average Bonchev–Trinajstić information content (AvgIpc) is 3.11. The zero-order valence-corrected chi connectivity index (χ0v) is 15.5. The van der Waals surface area contributed by atoms with Crippen molar-refractivity contribution in [3.63, 3.8) is 0 Å². The lowest BCUT2D eigenvalue weighted by Crippen LogP contribution is -2.06. The quantitative estimate of drug-likeness (QED) is 0.497. The zero-order chi connectivity index (χ0) is 18.1. The van der Waals surface area contributed by atoms with E-state index in [9.17, 15) is 9.18 Å². The molecule has 0 spiro atoms. The van der Waals surface area contributed by atoms with Crippen LogP contribution in [-0.2, 0) is 7.05 Å². The van der Waals surface area contributed by atoms with Crippen molar-refractivity contribution in [3.05, 3.63) is 58.4 Å². The summed E-state index contributed by atoms with van der Waals surface area (Å²) in [5.74, 6) is -0.203. The first-order chi connectivity index (χ1) is 11.9. The van der Waals surface area contributed by atoms with E-state index in [0.29, 0.717) is 10.7 Å². The van der Waals surface area contributed by atoms with Gasteiger partial charge in [0.05, 0.1) is 10.8 Å². The van der Waals surface area contributed by atoms with Crippen LogP contribution in [0.4, 0.5) is 4.39 Å². The minimum atomic E-state index is -0.468. The van der Waals surface area contributed by atoms with Gasteiger partial charge in [-0.25, -0.2) is 4.39 Å². The molecule has 2 heterocycles. The number of hydrogen-bond donors (Lipinski definition) is 0. The number of hydrogen-bond acceptors (Lipinski definition) is 4. The van der Waals surface area contributed by atoms with E-state index in [-0.39, 0.29) is 16.6 Å². The topological polar surface area (TPSA) is 52.7 Å². The Morgan fingerprint density at radius 1 is 1.32 bits per heavy atom. The lowest BCUT2D eigenvalue weighted by molar-refractivity contribution is 0.102. The Labute approximate surface area is 153 Å². The molecule has 0 saturated heterocycles. The van der Waals surface area contributed by atoms with Gasteiger partial charge in [-0.2, -0.15) is 0 Å². The van der Waals surface area contributed by atoms with Crippen molar-refractivity contribution >= 4 is 29.1 Å². The number of benzene rings is 1. The molecule has 0 fully saturated rings. The van der Waals surface area contributed by atoms with Crippen LogP contribution in [-0.4, -0.2) is 30.9 Å². The number of Topliss-reactive ketones (excluding diaryl/α,β-unsaturated/α-hetero) is 1. The Morgan fingerprint density at radius 2 is 2.08 bits per heavy atom. The van der Waals surface area contributed by atoms with Crippen LogP contribution < -0.4 is 0 Å². The largest absolute Gasteiger partial charge is 0.318 e. The first kappa shape index (κ1) is 17.7. The molecule has 3 aromatic rings. The molecule has 0 unspecified atom stereocenters. The second kappa shape index (κ2) is 7.01. The van der Waals surface area contributed by atoms with E-state index >= 15 is 0 Å². The number of nitrogens with zero attached hydrogens (tertiary/aromatic N) is 4. The van der Waals surface area contributed by atoms with Gasteiger partial charge in [0, 0.05) is 29.7 Å². The molecular formula is C17H16ClFN4OS. The number of thioether (sulfide) groups is 1. The van der Waals surface area contributed by atoms with Gasteiger partial charge >= 0.3 is 0 Å². The second-order valence-corrected chi connectivity index (χ2v) is 7.00. The van der Waals surface area contributed by atoms with Gasteiger partial charge in [0.2, 0.25) is 0 Å². The van der Waals surface area contributed by atoms with Crippen LogP contribution >= 0.6 is 23.4 Å². The summed E-state index contributed by atoms with van der Waals surface area (Å²) < 4.78 is 17.1. The summed E-state index contributed by atoms with van der Waals surface area (Å²) >= 11 is 7.23. The highest BCUT2D eigenvalue weighted by molar-refractivity contribution is 7.99. The summed E-state index contributed by atoms with van der Waals surface area (Å²) in [5, 5.41) is 8.50. The summed E-state index contributed by atoms with van der Waals surface area (Å²) in [4.78, 5) is 12.6. The van der Waals surface area contributed by atoms with Crippen LogP contribution in [0.1, 0.15) is 21.7 Å². The van der Waals surface area contributed by atoms with Crippen LogP contribution in [0.25, 0.3) is 5.69 Å². The van der Waals surface area contributed by atoms with Gasteiger partial charge in [0.1, 0.15) is 12.1 Å². The maximum Gasteiger partial charge on any atom is 0.191 e. The summed E-state index contributed by atoms with van der Waals surface area (Å²) in [6, 6.07) is 6.36. The first-order valence-corrected chi connectivity index (χ1v) is 8.89. The van der Waals surface area contributed by atoms with E-state index in [4.69, 9.17) is 11.6 Å². The fraction of sp³-hybridized carbons (Fsp3) is 0.235. The summed E-state index contributed by atoms with van der Waals surface area (Å²) in [7, 11) is 1.83. The lowest BCUT2D eigenvalue weighted by atomic mass is 10.2. The maximum atomic E-state index is 13.4. The molecule has 0 aliphatic carbocycles. The van der Waals surface area contributed by atoms with Crippen molar-refractivity contribution < 1.29 is 9.18 Å². The van der Waals surface area contributed by atoms with Crippen molar-refractivity contribution in [3.8, 4) is 5.69 Å². The Hall–Kier alpha value is -2.12. The second-order valence-electron chi connectivity index (χ2n) is 5.65. The molecule has 1 aromatic carbocycles. The molecule has 0 bridgehead atoms. The SMILES string of the molecule is Cc1cc(C(=O)CSc2nncn2C)c(C)n1-c1ccc(F)c(Cl)c1. The van der Waals surface area contributed by atoms with E-state index < -0.39 is 5.82 Å². The number of aryl methyl sites for hydroxylation is 2. The molecule has 0 saturated carbocycles. The Kier molecular flexibility index (Phi) is 4.96. The third kappa shape index (κ3) is 3.48. The van der Waals surface area contributed by atoms with Gasteiger partial charge in [0.15, 0.2) is 10.9 Å². The number of carbonyl (C=O) groups is 1. The van der Waals surface area contributed by atoms with Crippen molar-refractivity contribution in [2.45, 2.75) is 19.0 Å². The average molecular weight is 379 g/mol.